The molecular weight excluding hydrogens is 192 g/mol. The predicted molar refractivity (Wildman–Crippen MR) is 57.1 cm³/mol. The Morgan fingerprint density at radius 1 is 1.20 bits per heavy atom. The van der Waals surface area contributed by atoms with Crippen LogP contribution in [0.15, 0.2) is 30.6 Å². The molecule has 4 heteroatoms. The number of benzene rings is 1. The fraction of sp³-hybridized carbons (Fsp3) is 0.182. The van der Waals surface area contributed by atoms with Gasteiger partial charge >= 0.3 is 0 Å². The number of hydrogen-bond acceptors (Lipinski definition) is 3. The first-order valence-corrected chi connectivity index (χ1v) is 4.56. The molecule has 1 aromatic heterocycles. The molecule has 4 nitrogen and oxygen atoms in total. The maximum Gasteiger partial charge on any atom is 0.130 e. The molecule has 0 aliphatic carbocycles. The minimum Gasteiger partial charge on any atom is -0.497 e. The van der Waals surface area contributed by atoms with Gasteiger partial charge in [-0.2, -0.15) is 5.10 Å². The van der Waals surface area contributed by atoms with Crippen LogP contribution < -0.4 is 9.47 Å². The van der Waals surface area contributed by atoms with E-state index in [0.29, 0.717) is 0 Å². The average molecular weight is 204 g/mol. The van der Waals surface area contributed by atoms with Crippen molar-refractivity contribution in [1.29, 1.82) is 0 Å². The van der Waals surface area contributed by atoms with Crippen LogP contribution in [0, 0.1) is 0 Å². The largest absolute Gasteiger partial charge is 0.497 e. The molecule has 1 N–H and O–H groups in total. The Morgan fingerprint density at radius 2 is 2.07 bits per heavy atom. The zero-order valence-corrected chi connectivity index (χ0v) is 8.65. The van der Waals surface area contributed by atoms with E-state index in [2.05, 4.69) is 10.2 Å². The van der Waals surface area contributed by atoms with E-state index in [-0.39, 0.29) is 0 Å². The van der Waals surface area contributed by atoms with Crippen LogP contribution in [0.5, 0.6) is 11.5 Å². The van der Waals surface area contributed by atoms with E-state index < -0.39 is 0 Å². The fourth-order valence-electron chi connectivity index (χ4n) is 1.44. The molecule has 0 aliphatic heterocycles. The third kappa shape index (κ3) is 1.79. The minimum atomic E-state index is 0.774. The predicted octanol–water partition coefficient (Wildman–Crippen LogP) is 2.09. The number of hydrogen-bond donors (Lipinski definition) is 1. The second kappa shape index (κ2) is 4.04. The summed E-state index contributed by atoms with van der Waals surface area (Å²) in [6, 6.07) is 5.69. The zero-order chi connectivity index (χ0) is 10.7. The van der Waals surface area contributed by atoms with Crippen molar-refractivity contribution in [1.82, 2.24) is 10.2 Å². The fourth-order valence-corrected chi connectivity index (χ4v) is 1.44. The van der Waals surface area contributed by atoms with Gasteiger partial charge in [0.25, 0.3) is 0 Å². The van der Waals surface area contributed by atoms with Crippen molar-refractivity contribution in [3.63, 3.8) is 0 Å². The second-order valence-corrected chi connectivity index (χ2v) is 3.05. The van der Waals surface area contributed by atoms with Crippen molar-refractivity contribution >= 4 is 0 Å². The maximum absolute atomic E-state index is 5.29. The molecular formula is C11H12N2O2. The smallest absolute Gasteiger partial charge is 0.130 e. The third-order valence-corrected chi connectivity index (χ3v) is 2.22. The van der Waals surface area contributed by atoms with Gasteiger partial charge in [0.2, 0.25) is 0 Å². The number of aromatic nitrogens is 2. The number of rotatable bonds is 3. The molecule has 15 heavy (non-hydrogen) atoms. The first kappa shape index (κ1) is 9.58. The molecule has 0 bridgehead atoms. The zero-order valence-electron chi connectivity index (χ0n) is 8.65. The van der Waals surface area contributed by atoms with Gasteiger partial charge < -0.3 is 9.47 Å². The van der Waals surface area contributed by atoms with Crippen molar-refractivity contribution in [2.45, 2.75) is 0 Å². The van der Waals surface area contributed by atoms with Crippen LogP contribution in [0.4, 0.5) is 0 Å². The van der Waals surface area contributed by atoms with E-state index in [1.165, 1.54) is 0 Å². The summed E-state index contributed by atoms with van der Waals surface area (Å²) in [6.45, 7) is 0. The van der Waals surface area contributed by atoms with Crippen LogP contribution >= 0.6 is 0 Å². The monoisotopic (exact) mass is 204 g/mol. The molecule has 0 spiro atoms. The van der Waals surface area contributed by atoms with Crippen LogP contribution in [-0.2, 0) is 0 Å². The lowest BCUT2D eigenvalue weighted by Crippen LogP contribution is -1.89. The first-order chi connectivity index (χ1) is 7.35. The molecule has 0 fully saturated rings. The molecule has 78 valence electrons. The van der Waals surface area contributed by atoms with Gasteiger partial charge in [-0.1, -0.05) is 0 Å². The number of methoxy groups -OCH3 is 2. The topological polar surface area (TPSA) is 47.1 Å². The molecule has 0 atom stereocenters. The van der Waals surface area contributed by atoms with Crippen molar-refractivity contribution < 1.29 is 9.47 Å². The van der Waals surface area contributed by atoms with Gasteiger partial charge in [0.05, 0.1) is 20.4 Å². The summed E-state index contributed by atoms with van der Waals surface area (Å²) in [6.07, 6.45) is 3.58. The second-order valence-electron chi connectivity index (χ2n) is 3.05. The summed E-state index contributed by atoms with van der Waals surface area (Å²) in [4.78, 5) is 0. The molecule has 0 amide bonds. The summed E-state index contributed by atoms with van der Waals surface area (Å²) < 4.78 is 10.4. The molecule has 2 aromatic rings. The summed E-state index contributed by atoms with van der Waals surface area (Å²) in [5.41, 5.74) is 1.99. The molecule has 0 saturated carbocycles. The van der Waals surface area contributed by atoms with E-state index in [0.717, 1.165) is 22.6 Å². The lowest BCUT2D eigenvalue weighted by molar-refractivity contribution is 0.395. The van der Waals surface area contributed by atoms with Crippen molar-refractivity contribution in [3.05, 3.63) is 30.6 Å². The highest BCUT2D eigenvalue weighted by atomic mass is 16.5. The summed E-state index contributed by atoms with van der Waals surface area (Å²) in [5, 5.41) is 6.68. The van der Waals surface area contributed by atoms with Crippen LogP contribution in [0.25, 0.3) is 11.1 Å². The molecule has 0 radical (unpaired) electrons. The number of nitrogens with zero attached hydrogens (tertiary/aromatic N) is 1. The van der Waals surface area contributed by atoms with Crippen LogP contribution in [0.2, 0.25) is 0 Å². The number of nitrogens with one attached hydrogen (secondary N) is 1. The molecule has 0 unspecified atom stereocenters. The highest BCUT2D eigenvalue weighted by Crippen LogP contribution is 2.32. The molecule has 1 heterocycles. The van der Waals surface area contributed by atoms with Crippen LogP contribution in [0.1, 0.15) is 0 Å². The van der Waals surface area contributed by atoms with E-state index >= 15 is 0 Å². The summed E-state index contributed by atoms with van der Waals surface area (Å²) in [7, 11) is 3.27. The highest BCUT2D eigenvalue weighted by Gasteiger charge is 2.07. The summed E-state index contributed by atoms with van der Waals surface area (Å²) >= 11 is 0. The Hall–Kier alpha value is -1.97. The number of ether oxygens (including phenoxy) is 2. The van der Waals surface area contributed by atoms with Crippen LogP contribution in [-0.4, -0.2) is 24.4 Å². The van der Waals surface area contributed by atoms with Crippen molar-refractivity contribution in [2.24, 2.45) is 0 Å². The van der Waals surface area contributed by atoms with Crippen molar-refractivity contribution in [3.8, 4) is 22.6 Å². The van der Waals surface area contributed by atoms with Gasteiger partial charge in [0.1, 0.15) is 11.5 Å². The minimum absolute atomic E-state index is 0.774. The standard InChI is InChI=1S/C11H12N2O2/c1-14-9-3-4-10(11(5-9)15-2)8-6-12-13-7-8/h3-7H,1-2H3,(H,12,13). The van der Waals surface area contributed by atoms with E-state index in [1.807, 2.05) is 24.4 Å². The van der Waals surface area contributed by atoms with Gasteiger partial charge in [-0.25, -0.2) is 0 Å². The first-order valence-electron chi connectivity index (χ1n) is 4.56. The van der Waals surface area contributed by atoms with Gasteiger partial charge in [-0.3, -0.25) is 5.10 Å². The lowest BCUT2D eigenvalue weighted by Gasteiger charge is -2.08. The van der Waals surface area contributed by atoms with Gasteiger partial charge in [-0.05, 0) is 12.1 Å². The highest BCUT2D eigenvalue weighted by molar-refractivity contribution is 5.70. The lowest BCUT2D eigenvalue weighted by atomic mass is 10.1. The van der Waals surface area contributed by atoms with E-state index in [4.69, 9.17) is 9.47 Å². The number of H-pyrrole nitrogens is 1. The SMILES string of the molecule is COc1ccc(-c2cn[nH]c2)c(OC)c1. The Balaban J connectivity index is 2.48. The van der Waals surface area contributed by atoms with Crippen molar-refractivity contribution in [2.75, 3.05) is 14.2 Å². The van der Waals surface area contributed by atoms with E-state index in [1.54, 1.807) is 20.4 Å². The Morgan fingerprint density at radius 3 is 2.67 bits per heavy atom. The van der Waals surface area contributed by atoms with Gasteiger partial charge in [-0.15, -0.1) is 0 Å². The number of aromatic amines is 1. The van der Waals surface area contributed by atoms with Crippen LogP contribution in [0.3, 0.4) is 0 Å². The normalized spacial score (nSPS) is 10.0. The third-order valence-electron chi connectivity index (χ3n) is 2.22. The van der Waals surface area contributed by atoms with E-state index in [9.17, 15) is 0 Å². The molecule has 0 saturated heterocycles. The Labute approximate surface area is 87.8 Å². The Kier molecular flexibility index (Phi) is 2.58. The maximum atomic E-state index is 5.29. The molecule has 1 aromatic carbocycles. The van der Waals surface area contributed by atoms with Gasteiger partial charge in [0.15, 0.2) is 0 Å². The van der Waals surface area contributed by atoms with Gasteiger partial charge in [0, 0.05) is 23.4 Å². The summed E-state index contributed by atoms with van der Waals surface area (Å²) in [5.74, 6) is 1.55. The molecule has 0 aliphatic rings. The average Bonchev–Trinajstić information content (AvgIpc) is 2.81. The Bertz CT molecular complexity index is 438. The quantitative estimate of drug-likeness (QED) is 0.832. The molecule has 2 rings (SSSR count).